The van der Waals surface area contributed by atoms with E-state index in [0.717, 1.165) is 50.4 Å². The summed E-state index contributed by atoms with van der Waals surface area (Å²) in [4.78, 5) is 16.9. The molecule has 0 aliphatic carbocycles. The van der Waals surface area contributed by atoms with Gasteiger partial charge in [-0.3, -0.25) is 14.4 Å². The summed E-state index contributed by atoms with van der Waals surface area (Å²) in [6.07, 6.45) is 3.47. The summed E-state index contributed by atoms with van der Waals surface area (Å²) in [5, 5.41) is 5.75. The van der Waals surface area contributed by atoms with Crippen molar-refractivity contribution in [1.82, 2.24) is 19.6 Å². The lowest BCUT2D eigenvalue weighted by Crippen LogP contribution is -2.35. The monoisotopic (exact) mass is 326 g/mol. The first-order chi connectivity index (χ1) is 11.7. The van der Waals surface area contributed by atoms with Crippen LogP contribution in [0.4, 0.5) is 0 Å². The van der Waals surface area contributed by atoms with Gasteiger partial charge < -0.3 is 4.90 Å². The van der Waals surface area contributed by atoms with Crippen molar-refractivity contribution in [1.29, 1.82) is 0 Å². The zero-order valence-electron chi connectivity index (χ0n) is 14.4. The van der Waals surface area contributed by atoms with E-state index < -0.39 is 0 Å². The fourth-order valence-electron chi connectivity index (χ4n) is 3.41. The molecule has 1 fully saturated rings. The highest BCUT2D eigenvalue weighted by molar-refractivity contribution is 5.82. The number of amides is 1. The number of hydrogen-bond acceptors (Lipinski definition) is 3. The second-order valence-electron chi connectivity index (χ2n) is 6.40. The Morgan fingerprint density at radius 1 is 1.25 bits per heavy atom. The molecular formula is C19H26N4O. The maximum Gasteiger partial charge on any atom is 0.224 e. The third kappa shape index (κ3) is 3.67. The minimum absolute atomic E-state index is 0.229. The van der Waals surface area contributed by atoms with Crippen LogP contribution in [0.25, 0.3) is 10.9 Å². The Kier molecular flexibility index (Phi) is 5.30. The molecule has 0 unspecified atom stereocenters. The maximum atomic E-state index is 12.6. The molecule has 128 valence electrons. The normalized spacial score (nSPS) is 16.3. The van der Waals surface area contributed by atoms with Crippen LogP contribution in [0.1, 0.15) is 18.5 Å². The smallest absolute Gasteiger partial charge is 0.224 e. The Bertz CT molecular complexity index is 721. The SMILES string of the molecule is C=CCN1CCCN(C(=O)CCn2nc(C)c3ccccc32)CC1. The van der Waals surface area contributed by atoms with Crippen molar-refractivity contribution in [3.8, 4) is 0 Å². The van der Waals surface area contributed by atoms with Crippen LogP contribution in [0.15, 0.2) is 36.9 Å². The lowest BCUT2D eigenvalue weighted by Gasteiger charge is -2.21. The van der Waals surface area contributed by atoms with Crippen molar-refractivity contribution in [3.05, 3.63) is 42.6 Å². The Morgan fingerprint density at radius 2 is 2.08 bits per heavy atom. The van der Waals surface area contributed by atoms with Gasteiger partial charge >= 0.3 is 0 Å². The van der Waals surface area contributed by atoms with E-state index in [1.807, 2.05) is 34.7 Å². The molecule has 1 aliphatic rings. The van der Waals surface area contributed by atoms with E-state index in [4.69, 9.17) is 0 Å². The number of para-hydroxylation sites is 1. The van der Waals surface area contributed by atoms with Gasteiger partial charge in [-0.25, -0.2) is 0 Å². The van der Waals surface area contributed by atoms with E-state index in [1.54, 1.807) is 0 Å². The molecule has 24 heavy (non-hydrogen) atoms. The van der Waals surface area contributed by atoms with E-state index in [2.05, 4.69) is 28.7 Å². The van der Waals surface area contributed by atoms with Gasteiger partial charge in [0.25, 0.3) is 0 Å². The van der Waals surface area contributed by atoms with Crippen LogP contribution in [0.2, 0.25) is 0 Å². The largest absolute Gasteiger partial charge is 0.341 e. The average molecular weight is 326 g/mol. The second-order valence-corrected chi connectivity index (χ2v) is 6.40. The van der Waals surface area contributed by atoms with Gasteiger partial charge in [0.1, 0.15) is 0 Å². The molecule has 5 nitrogen and oxygen atoms in total. The minimum Gasteiger partial charge on any atom is -0.341 e. The summed E-state index contributed by atoms with van der Waals surface area (Å²) >= 11 is 0. The number of aryl methyl sites for hydroxylation is 2. The molecular weight excluding hydrogens is 300 g/mol. The van der Waals surface area contributed by atoms with Crippen LogP contribution in [-0.4, -0.2) is 58.2 Å². The van der Waals surface area contributed by atoms with Gasteiger partial charge in [0, 0.05) is 44.5 Å². The highest BCUT2D eigenvalue weighted by Gasteiger charge is 2.18. The molecule has 0 spiro atoms. The third-order valence-corrected chi connectivity index (χ3v) is 4.71. The Labute approximate surface area is 143 Å². The van der Waals surface area contributed by atoms with Crippen molar-refractivity contribution >= 4 is 16.8 Å². The van der Waals surface area contributed by atoms with Crippen LogP contribution in [0.5, 0.6) is 0 Å². The molecule has 2 heterocycles. The van der Waals surface area contributed by atoms with Crippen LogP contribution < -0.4 is 0 Å². The number of carbonyl (C=O) groups is 1. The predicted molar refractivity (Wildman–Crippen MR) is 96.9 cm³/mol. The Balaban J connectivity index is 1.59. The molecule has 3 rings (SSSR count). The first kappa shape index (κ1) is 16.7. The number of carbonyl (C=O) groups excluding carboxylic acids is 1. The van der Waals surface area contributed by atoms with Crippen molar-refractivity contribution in [3.63, 3.8) is 0 Å². The molecule has 0 bridgehead atoms. The summed E-state index contributed by atoms with van der Waals surface area (Å²) in [7, 11) is 0. The number of hydrogen-bond donors (Lipinski definition) is 0. The zero-order valence-corrected chi connectivity index (χ0v) is 14.4. The zero-order chi connectivity index (χ0) is 16.9. The van der Waals surface area contributed by atoms with E-state index in [0.29, 0.717) is 13.0 Å². The Hall–Kier alpha value is -2.14. The fourth-order valence-corrected chi connectivity index (χ4v) is 3.41. The summed E-state index contributed by atoms with van der Waals surface area (Å²) in [5.74, 6) is 0.229. The van der Waals surface area contributed by atoms with Gasteiger partial charge in [0.05, 0.1) is 17.8 Å². The third-order valence-electron chi connectivity index (χ3n) is 4.71. The number of benzene rings is 1. The van der Waals surface area contributed by atoms with Crippen molar-refractivity contribution in [2.75, 3.05) is 32.7 Å². The molecule has 5 heteroatoms. The van der Waals surface area contributed by atoms with Crippen LogP contribution >= 0.6 is 0 Å². The number of nitrogens with zero attached hydrogens (tertiary/aromatic N) is 4. The molecule has 1 aliphatic heterocycles. The number of rotatable bonds is 5. The summed E-state index contributed by atoms with van der Waals surface area (Å²) < 4.78 is 1.96. The Morgan fingerprint density at radius 3 is 2.92 bits per heavy atom. The van der Waals surface area contributed by atoms with E-state index >= 15 is 0 Å². The van der Waals surface area contributed by atoms with Gasteiger partial charge in [-0.05, 0) is 19.4 Å². The molecule has 0 saturated carbocycles. The molecule has 0 radical (unpaired) electrons. The number of fused-ring (bicyclic) bond motifs is 1. The van der Waals surface area contributed by atoms with Crippen molar-refractivity contribution in [2.24, 2.45) is 0 Å². The van der Waals surface area contributed by atoms with Gasteiger partial charge in [-0.2, -0.15) is 5.10 Å². The molecule has 1 amide bonds. The van der Waals surface area contributed by atoms with Gasteiger partial charge in [-0.15, -0.1) is 6.58 Å². The first-order valence-corrected chi connectivity index (χ1v) is 8.72. The predicted octanol–water partition coefficient (Wildman–Crippen LogP) is 2.46. The number of aromatic nitrogens is 2. The van der Waals surface area contributed by atoms with Gasteiger partial charge in [0.15, 0.2) is 0 Å². The van der Waals surface area contributed by atoms with Crippen molar-refractivity contribution in [2.45, 2.75) is 26.3 Å². The van der Waals surface area contributed by atoms with E-state index in [1.165, 1.54) is 5.39 Å². The molecule has 0 atom stereocenters. The summed E-state index contributed by atoms with van der Waals surface area (Å²) in [6.45, 7) is 11.0. The summed E-state index contributed by atoms with van der Waals surface area (Å²) in [6, 6.07) is 8.20. The highest BCUT2D eigenvalue weighted by atomic mass is 16.2. The molecule has 2 aromatic rings. The first-order valence-electron chi connectivity index (χ1n) is 8.72. The maximum absolute atomic E-state index is 12.6. The van der Waals surface area contributed by atoms with Crippen LogP contribution in [0, 0.1) is 6.92 Å². The quantitative estimate of drug-likeness (QED) is 0.793. The second kappa shape index (κ2) is 7.62. The minimum atomic E-state index is 0.229. The van der Waals surface area contributed by atoms with Gasteiger partial charge in [-0.1, -0.05) is 24.3 Å². The molecule has 1 saturated heterocycles. The summed E-state index contributed by atoms with van der Waals surface area (Å²) in [5.41, 5.74) is 2.13. The molecule has 1 aromatic heterocycles. The van der Waals surface area contributed by atoms with Crippen LogP contribution in [0.3, 0.4) is 0 Å². The van der Waals surface area contributed by atoms with E-state index in [-0.39, 0.29) is 5.91 Å². The highest BCUT2D eigenvalue weighted by Crippen LogP contribution is 2.18. The van der Waals surface area contributed by atoms with Crippen LogP contribution in [-0.2, 0) is 11.3 Å². The van der Waals surface area contributed by atoms with E-state index in [9.17, 15) is 4.79 Å². The lowest BCUT2D eigenvalue weighted by molar-refractivity contribution is -0.131. The topological polar surface area (TPSA) is 41.4 Å². The molecule has 0 N–H and O–H groups in total. The standard InChI is InChI=1S/C19H26N4O/c1-3-10-21-11-6-12-22(15-14-21)19(24)9-13-23-18-8-5-4-7-17(18)16(2)20-23/h3-5,7-8H,1,6,9-15H2,2H3. The fraction of sp³-hybridized carbons (Fsp3) is 0.474. The average Bonchev–Trinajstić information content (AvgIpc) is 2.76. The lowest BCUT2D eigenvalue weighted by atomic mass is 10.2. The molecule has 1 aromatic carbocycles. The van der Waals surface area contributed by atoms with Gasteiger partial charge in [0.2, 0.25) is 5.91 Å². The van der Waals surface area contributed by atoms with Crippen molar-refractivity contribution < 1.29 is 4.79 Å².